The number of aryl methyl sites for hydroxylation is 1. The van der Waals surface area contributed by atoms with Crippen molar-refractivity contribution in [3.8, 4) is 0 Å². The molecule has 2 aliphatic heterocycles. The topological polar surface area (TPSA) is 78.9 Å². The van der Waals surface area contributed by atoms with E-state index in [1.807, 2.05) is 17.9 Å². The van der Waals surface area contributed by atoms with Crippen LogP contribution in [0.15, 0.2) is 36.7 Å². The van der Waals surface area contributed by atoms with E-state index in [4.69, 9.17) is 4.74 Å². The number of piperazine rings is 1. The van der Waals surface area contributed by atoms with Crippen LogP contribution in [-0.2, 0) is 9.53 Å². The van der Waals surface area contributed by atoms with Crippen molar-refractivity contribution in [2.45, 2.75) is 32.3 Å². The van der Waals surface area contributed by atoms with Crippen LogP contribution in [-0.4, -0.2) is 83.6 Å². The summed E-state index contributed by atoms with van der Waals surface area (Å²) in [5.74, 6) is -0.502. The van der Waals surface area contributed by atoms with Crippen molar-refractivity contribution in [1.29, 1.82) is 0 Å². The number of anilines is 1. The maximum Gasteiger partial charge on any atom is 0.274 e. The van der Waals surface area contributed by atoms with Crippen molar-refractivity contribution in [1.82, 2.24) is 19.8 Å². The lowest BCUT2D eigenvalue weighted by Gasteiger charge is -2.36. The third-order valence-electron chi connectivity index (χ3n) is 6.16. The summed E-state index contributed by atoms with van der Waals surface area (Å²) < 4.78 is 19.8. The molecule has 0 bridgehead atoms. The number of hydrogen-bond acceptors (Lipinski definition) is 6. The molecule has 1 aromatic carbocycles. The highest BCUT2D eigenvalue weighted by molar-refractivity contribution is 5.92. The second-order valence-electron chi connectivity index (χ2n) is 8.50. The van der Waals surface area contributed by atoms with E-state index in [1.165, 1.54) is 12.3 Å². The highest BCUT2D eigenvalue weighted by atomic mass is 19.1. The average Bonchev–Trinajstić information content (AvgIpc) is 3.35. The van der Waals surface area contributed by atoms with Gasteiger partial charge in [0.2, 0.25) is 5.91 Å². The SMILES string of the molecule is Cc1cnc(C(=O)N(CCC(=O)N2CCN(c3ccccc3F)CC2)CC2CCCO2)cn1. The van der Waals surface area contributed by atoms with Crippen molar-refractivity contribution in [3.63, 3.8) is 0 Å². The minimum absolute atomic E-state index is 0.0108. The molecule has 0 N–H and O–H groups in total. The first-order valence-corrected chi connectivity index (χ1v) is 11.5. The van der Waals surface area contributed by atoms with Crippen LogP contribution in [0.4, 0.5) is 10.1 Å². The maximum atomic E-state index is 14.1. The molecule has 0 saturated carbocycles. The van der Waals surface area contributed by atoms with E-state index >= 15 is 0 Å². The van der Waals surface area contributed by atoms with Crippen molar-refractivity contribution in [3.05, 3.63) is 53.9 Å². The molecule has 2 aromatic rings. The predicted octanol–water partition coefficient (Wildman–Crippen LogP) is 2.28. The van der Waals surface area contributed by atoms with Gasteiger partial charge in [-0.3, -0.25) is 14.6 Å². The van der Waals surface area contributed by atoms with Gasteiger partial charge in [-0.1, -0.05) is 12.1 Å². The second-order valence-corrected chi connectivity index (χ2v) is 8.50. The monoisotopic (exact) mass is 455 g/mol. The van der Waals surface area contributed by atoms with Gasteiger partial charge in [0.15, 0.2) is 0 Å². The van der Waals surface area contributed by atoms with Gasteiger partial charge in [0, 0.05) is 58.5 Å². The fourth-order valence-electron chi connectivity index (χ4n) is 4.27. The van der Waals surface area contributed by atoms with E-state index in [2.05, 4.69) is 9.97 Å². The quantitative estimate of drug-likeness (QED) is 0.638. The van der Waals surface area contributed by atoms with Crippen molar-refractivity contribution < 1.29 is 18.7 Å². The van der Waals surface area contributed by atoms with Gasteiger partial charge in [-0.05, 0) is 31.9 Å². The first-order valence-electron chi connectivity index (χ1n) is 11.5. The molecule has 1 aromatic heterocycles. The van der Waals surface area contributed by atoms with E-state index in [0.29, 0.717) is 51.6 Å². The molecule has 3 heterocycles. The summed E-state index contributed by atoms with van der Waals surface area (Å²) in [6.45, 7) is 5.43. The van der Waals surface area contributed by atoms with Gasteiger partial charge in [0.25, 0.3) is 5.91 Å². The Bertz CT molecular complexity index is 957. The standard InChI is InChI=1S/C24H30FN5O3/c1-18-15-27-21(16-26-18)24(32)30(17-19-5-4-14-33-19)9-8-23(31)29-12-10-28(11-13-29)22-7-3-2-6-20(22)25/h2-3,6-7,15-16,19H,4-5,8-14,17H2,1H3. The Labute approximate surface area is 193 Å². The zero-order valence-corrected chi connectivity index (χ0v) is 19.0. The lowest BCUT2D eigenvalue weighted by molar-refractivity contribution is -0.131. The van der Waals surface area contributed by atoms with Gasteiger partial charge < -0.3 is 19.4 Å². The van der Waals surface area contributed by atoms with Crippen LogP contribution in [0, 0.1) is 12.7 Å². The maximum absolute atomic E-state index is 14.1. The third-order valence-corrected chi connectivity index (χ3v) is 6.16. The number of para-hydroxylation sites is 1. The second kappa shape index (κ2) is 10.7. The predicted molar refractivity (Wildman–Crippen MR) is 121 cm³/mol. The Hall–Kier alpha value is -3.07. The van der Waals surface area contributed by atoms with Crippen LogP contribution in [0.2, 0.25) is 0 Å². The fraction of sp³-hybridized carbons (Fsp3) is 0.500. The molecule has 0 radical (unpaired) electrons. The van der Waals surface area contributed by atoms with Crippen LogP contribution < -0.4 is 4.90 Å². The summed E-state index contributed by atoms with van der Waals surface area (Å²) in [4.78, 5) is 39.7. The minimum Gasteiger partial charge on any atom is -0.376 e. The summed E-state index contributed by atoms with van der Waals surface area (Å²) in [5, 5.41) is 0. The Morgan fingerprint density at radius 3 is 2.61 bits per heavy atom. The Morgan fingerprint density at radius 2 is 1.94 bits per heavy atom. The molecule has 4 rings (SSSR count). The van der Waals surface area contributed by atoms with Crippen LogP contribution in [0.5, 0.6) is 0 Å². The van der Waals surface area contributed by atoms with Crippen LogP contribution in [0.3, 0.4) is 0 Å². The summed E-state index contributed by atoms with van der Waals surface area (Å²) in [5.41, 5.74) is 1.57. The molecule has 0 spiro atoms. The third kappa shape index (κ3) is 5.84. The summed E-state index contributed by atoms with van der Waals surface area (Å²) >= 11 is 0. The van der Waals surface area contributed by atoms with Crippen LogP contribution in [0.1, 0.15) is 35.4 Å². The number of nitrogens with zero attached hydrogens (tertiary/aromatic N) is 5. The Morgan fingerprint density at radius 1 is 1.15 bits per heavy atom. The summed E-state index contributed by atoms with van der Waals surface area (Å²) in [6.07, 6.45) is 5.11. The van der Waals surface area contributed by atoms with E-state index in [9.17, 15) is 14.0 Å². The molecule has 2 fully saturated rings. The lowest BCUT2D eigenvalue weighted by atomic mass is 10.2. The molecule has 33 heavy (non-hydrogen) atoms. The Kier molecular flexibility index (Phi) is 7.49. The summed E-state index contributed by atoms with van der Waals surface area (Å²) in [7, 11) is 0. The molecule has 2 amide bonds. The molecule has 2 aliphatic rings. The first-order chi connectivity index (χ1) is 16.0. The highest BCUT2D eigenvalue weighted by Crippen LogP contribution is 2.20. The first kappa shape index (κ1) is 23.1. The number of rotatable bonds is 7. The lowest BCUT2D eigenvalue weighted by Crippen LogP contribution is -2.50. The van der Waals surface area contributed by atoms with Crippen molar-refractivity contribution >= 4 is 17.5 Å². The number of hydrogen-bond donors (Lipinski definition) is 0. The number of benzene rings is 1. The smallest absolute Gasteiger partial charge is 0.274 e. The van der Waals surface area contributed by atoms with Gasteiger partial charge in [-0.25, -0.2) is 9.37 Å². The highest BCUT2D eigenvalue weighted by Gasteiger charge is 2.27. The Balaban J connectivity index is 1.34. The van der Waals surface area contributed by atoms with Gasteiger partial charge in [-0.15, -0.1) is 0 Å². The fourth-order valence-corrected chi connectivity index (χ4v) is 4.27. The molecule has 8 nitrogen and oxygen atoms in total. The number of amides is 2. The molecular formula is C24H30FN5O3. The largest absolute Gasteiger partial charge is 0.376 e. The molecule has 2 saturated heterocycles. The van der Waals surface area contributed by atoms with E-state index < -0.39 is 0 Å². The van der Waals surface area contributed by atoms with Crippen LogP contribution >= 0.6 is 0 Å². The normalized spacial score (nSPS) is 18.4. The number of halogens is 1. The zero-order chi connectivity index (χ0) is 23.2. The molecule has 9 heteroatoms. The average molecular weight is 456 g/mol. The van der Waals surface area contributed by atoms with Crippen molar-refractivity contribution in [2.24, 2.45) is 0 Å². The number of ether oxygens (including phenoxy) is 1. The van der Waals surface area contributed by atoms with Crippen molar-refractivity contribution in [2.75, 3.05) is 50.8 Å². The van der Waals surface area contributed by atoms with Gasteiger partial charge in [-0.2, -0.15) is 0 Å². The molecule has 1 unspecified atom stereocenters. The number of aromatic nitrogens is 2. The molecule has 1 atom stereocenters. The van der Waals surface area contributed by atoms with E-state index in [0.717, 1.165) is 18.5 Å². The number of carbonyl (C=O) groups is 2. The van der Waals surface area contributed by atoms with Crippen LogP contribution in [0.25, 0.3) is 0 Å². The van der Waals surface area contributed by atoms with Gasteiger partial charge in [0.05, 0.1) is 23.7 Å². The zero-order valence-electron chi connectivity index (χ0n) is 19.0. The number of carbonyl (C=O) groups excluding carboxylic acids is 2. The van der Waals surface area contributed by atoms with Gasteiger partial charge in [0.1, 0.15) is 11.5 Å². The van der Waals surface area contributed by atoms with E-state index in [-0.39, 0.29) is 35.9 Å². The molecule has 0 aliphatic carbocycles. The van der Waals surface area contributed by atoms with Gasteiger partial charge >= 0.3 is 0 Å². The minimum atomic E-state index is -0.250. The van der Waals surface area contributed by atoms with E-state index in [1.54, 1.807) is 28.1 Å². The summed E-state index contributed by atoms with van der Waals surface area (Å²) in [6, 6.07) is 6.69. The molecule has 176 valence electrons. The molecular weight excluding hydrogens is 425 g/mol.